The quantitative estimate of drug-likeness (QED) is 0.742. The van der Waals surface area contributed by atoms with Crippen LogP contribution in [-0.4, -0.2) is 21.7 Å². The third-order valence-electron chi connectivity index (χ3n) is 1.38. The molecule has 0 aliphatic carbocycles. The summed E-state index contributed by atoms with van der Waals surface area (Å²) in [7, 11) is -2.14. The molecular weight excluding hydrogens is 186 g/mol. The molecule has 1 aromatic rings. The Morgan fingerprint density at radius 1 is 1.54 bits per heavy atom. The molecule has 1 heterocycles. The third-order valence-corrected chi connectivity index (χ3v) is 1.99. The lowest BCUT2D eigenvalue weighted by molar-refractivity contribution is 0.684. The van der Waals surface area contributed by atoms with E-state index >= 15 is 0 Å². The Hall–Kier alpha value is -1.10. The van der Waals surface area contributed by atoms with E-state index in [2.05, 4.69) is 9.35 Å². The smallest absolute Gasteiger partial charge is 0.164 e. The first-order valence-electron chi connectivity index (χ1n) is 3.78. The minimum absolute atomic E-state index is 0.504. The zero-order valence-electron chi connectivity index (χ0n) is 7.94. The van der Waals surface area contributed by atoms with Crippen molar-refractivity contribution in [2.24, 2.45) is 4.36 Å². The van der Waals surface area contributed by atoms with Crippen molar-refractivity contribution in [3.05, 3.63) is 17.8 Å². The van der Waals surface area contributed by atoms with E-state index in [1.807, 2.05) is 6.92 Å². The van der Waals surface area contributed by atoms with Gasteiger partial charge in [0.1, 0.15) is 0 Å². The van der Waals surface area contributed by atoms with Gasteiger partial charge in [0.2, 0.25) is 0 Å². The number of nitrogens with two attached hydrogens (primary N) is 1. The minimum atomic E-state index is -2.14. The van der Waals surface area contributed by atoms with Crippen LogP contribution in [0, 0.1) is 6.92 Å². The lowest BCUT2D eigenvalue weighted by Gasteiger charge is -2.01. The van der Waals surface area contributed by atoms with Crippen LogP contribution in [-0.2, 0) is 9.73 Å². The van der Waals surface area contributed by atoms with Gasteiger partial charge in [-0.3, -0.25) is 0 Å². The van der Waals surface area contributed by atoms with Crippen LogP contribution in [0.25, 0.3) is 0 Å². The summed E-state index contributed by atoms with van der Waals surface area (Å²) >= 11 is 0. The van der Waals surface area contributed by atoms with Crippen molar-refractivity contribution in [2.75, 3.05) is 18.2 Å². The number of anilines is 1. The highest BCUT2D eigenvalue weighted by molar-refractivity contribution is 7.92. The van der Waals surface area contributed by atoms with Gasteiger partial charge in [0.15, 0.2) is 5.82 Å². The Kier molecular flexibility index (Phi) is 2.56. The summed E-state index contributed by atoms with van der Waals surface area (Å²) in [6, 6.07) is 1.76. The Morgan fingerprint density at radius 2 is 2.15 bits per heavy atom. The first-order valence-corrected chi connectivity index (χ1v) is 6.11. The summed E-state index contributed by atoms with van der Waals surface area (Å²) in [6.07, 6.45) is 4.66. The van der Waals surface area contributed by atoms with Gasteiger partial charge in [0.05, 0.1) is 11.9 Å². The SMILES string of the molecule is Cc1cc(N)cnc1N=S(C)(C)=O. The van der Waals surface area contributed by atoms with Crippen molar-refractivity contribution in [3.63, 3.8) is 0 Å². The van der Waals surface area contributed by atoms with E-state index in [9.17, 15) is 4.21 Å². The first kappa shape index (κ1) is 9.98. The maximum Gasteiger partial charge on any atom is 0.164 e. The second-order valence-corrected chi connectivity index (χ2v) is 5.73. The van der Waals surface area contributed by atoms with Gasteiger partial charge in [-0.05, 0) is 18.6 Å². The summed E-state index contributed by atoms with van der Waals surface area (Å²) < 4.78 is 15.3. The number of nitrogens with zero attached hydrogens (tertiary/aromatic N) is 2. The van der Waals surface area contributed by atoms with E-state index in [0.717, 1.165) is 5.56 Å². The molecule has 0 aromatic carbocycles. The average molecular weight is 199 g/mol. The molecule has 1 rings (SSSR count). The molecule has 5 heteroatoms. The molecule has 0 bridgehead atoms. The lowest BCUT2D eigenvalue weighted by atomic mass is 10.3. The third kappa shape index (κ3) is 3.02. The number of nitrogen functional groups attached to an aromatic ring is 1. The molecule has 0 spiro atoms. The fraction of sp³-hybridized carbons (Fsp3) is 0.375. The van der Waals surface area contributed by atoms with Gasteiger partial charge < -0.3 is 5.73 Å². The molecule has 0 saturated carbocycles. The summed E-state index contributed by atoms with van der Waals surface area (Å²) in [5.41, 5.74) is 6.95. The van der Waals surface area contributed by atoms with Gasteiger partial charge in [-0.15, -0.1) is 0 Å². The maximum absolute atomic E-state index is 11.4. The predicted octanol–water partition coefficient (Wildman–Crippen LogP) is 1.33. The molecule has 0 aliphatic heterocycles. The second kappa shape index (κ2) is 3.33. The van der Waals surface area contributed by atoms with Crippen LogP contribution in [0.1, 0.15) is 5.56 Å². The monoisotopic (exact) mass is 199 g/mol. The van der Waals surface area contributed by atoms with Crippen LogP contribution in [0.5, 0.6) is 0 Å². The molecular formula is C8H13N3OS. The molecule has 0 aliphatic rings. The molecule has 13 heavy (non-hydrogen) atoms. The minimum Gasteiger partial charge on any atom is -0.397 e. The van der Waals surface area contributed by atoms with Gasteiger partial charge in [-0.2, -0.15) is 4.36 Å². The van der Waals surface area contributed by atoms with E-state index in [4.69, 9.17) is 5.73 Å². The molecule has 72 valence electrons. The van der Waals surface area contributed by atoms with Crippen LogP contribution in [0.4, 0.5) is 11.5 Å². The van der Waals surface area contributed by atoms with Gasteiger partial charge in [-0.25, -0.2) is 9.19 Å². The predicted molar refractivity (Wildman–Crippen MR) is 55.5 cm³/mol. The van der Waals surface area contributed by atoms with Gasteiger partial charge in [0, 0.05) is 22.2 Å². The first-order chi connectivity index (χ1) is 5.88. The Labute approximate surface area is 78.4 Å². The van der Waals surface area contributed by atoms with Crippen molar-refractivity contribution in [3.8, 4) is 0 Å². The van der Waals surface area contributed by atoms with Crippen LogP contribution in [0.2, 0.25) is 0 Å². The number of aromatic nitrogens is 1. The molecule has 0 radical (unpaired) electrons. The standard InChI is InChI=1S/C8H13N3OS/c1-6-4-7(9)5-10-8(6)11-13(2,3)12/h4-5H,9H2,1-3H3. The van der Waals surface area contributed by atoms with E-state index in [-0.39, 0.29) is 0 Å². The summed E-state index contributed by atoms with van der Waals surface area (Å²) in [6.45, 7) is 1.84. The van der Waals surface area contributed by atoms with E-state index in [1.165, 1.54) is 6.20 Å². The Morgan fingerprint density at radius 3 is 2.62 bits per heavy atom. The Balaban J connectivity index is 3.26. The van der Waals surface area contributed by atoms with Crippen LogP contribution >= 0.6 is 0 Å². The second-order valence-electron chi connectivity index (χ2n) is 3.18. The molecule has 0 unspecified atom stereocenters. The van der Waals surface area contributed by atoms with Crippen molar-refractivity contribution in [1.29, 1.82) is 0 Å². The Bertz CT molecular complexity index is 425. The van der Waals surface area contributed by atoms with Crippen LogP contribution in [0.15, 0.2) is 16.6 Å². The van der Waals surface area contributed by atoms with Crippen LogP contribution < -0.4 is 5.73 Å². The highest BCUT2D eigenvalue weighted by Crippen LogP contribution is 2.18. The zero-order valence-corrected chi connectivity index (χ0v) is 8.76. The molecule has 0 amide bonds. The molecule has 0 atom stereocenters. The van der Waals surface area contributed by atoms with Crippen molar-refractivity contribution >= 4 is 21.2 Å². The number of aryl methyl sites for hydroxylation is 1. The largest absolute Gasteiger partial charge is 0.397 e. The molecule has 0 saturated heterocycles. The van der Waals surface area contributed by atoms with Gasteiger partial charge in [0.25, 0.3) is 0 Å². The molecule has 2 N–H and O–H groups in total. The highest BCUT2D eigenvalue weighted by Gasteiger charge is 2.00. The summed E-state index contributed by atoms with van der Waals surface area (Å²) in [5, 5.41) is 0. The van der Waals surface area contributed by atoms with Crippen molar-refractivity contribution in [2.45, 2.75) is 6.92 Å². The molecule has 1 aromatic heterocycles. The fourth-order valence-electron chi connectivity index (χ4n) is 0.893. The number of hydrogen-bond donors (Lipinski definition) is 1. The average Bonchev–Trinajstić information content (AvgIpc) is 1.93. The van der Waals surface area contributed by atoms with Gasteiger partial charge in [-0.1, -0.05) is 0 Å². The van der Waals surface area contributed by atoms with Crippen molar-refractivity contribution < 1.29 is 4.21 Å². The topological polar surface area (TPSA) is 68.3 Å². The normalized spacial score (nSPS) is 11.3. The zero-order chi connectivity index (χ0) is 10.1. The number of pyridine rings is 1. The van der Waals surface area contributed by atoms with E-state index < -0.39 is 9.73 Å². The van der Waals surface area contributed by atoms with E-state index in [0.29, 0.717) is 11.5 Å². The highest BCUT2D eigenvalue weighted by atomic mass is 32.2. The molecule has 0 fully saturated rings. The summed E-state index contributed by atoms with van der Waals surface area (Å²) in [5.74, 6) is 0.504. The van der Waals surface area contributed by atoms with Gasteiger partial charge >= 0.3 is 0 Å². The lowest BCUT2D eigenvalue weighted by Crippen LogP contribution is -1.93. The summed E-state index contributed by atoms with van der Waals surface area (Å²) in [4.78, 5) is 3.99. The fourth-order valence-corrected chi connectivity index (χ4v) is 1.50. The number of rotatable bonds is 1. The maximum atomic E-state index is 11.4. The van der Waals surface area contributed by atoms with Crippen LogP contribution in [0.3, 0.4) is 0 Å². The van der Waals surface area contributed by atoms with Crippen molar-refractivity contribution in [1.82, 2.24) is 4.98 Å². The number of hydrogen-bond acceptors (Lipinski definition) is 4. The van der Waals surface area contributed by atoms with E-state index in [1.54, 1.807) is 18.6 Å². The molecule has 4 nitrogen and oxygen atoms in total.